The lowest BCUT2D eigenvalue weighted by atomic mass is 10.2. The first kappa shape index (κ1) is 10.2. The molecule has 1 aliphatic heterocycles. The molecule has 0 saturated heterocycles. The molecule has 0 unspecified atom stereocenters. The lowest BCUT2D eigenvalue weighted by Gasteiger charge is -2.07. The summed E-state index contributed by atoms with van der Waals surface area (Å²) >= 11 is 0. The molecule has 2 heterocycles. The van der Waals surface area contributed by atoms with Crippen LogP contribution < -0.4 is 5.32 Å². The van der Waals surface area contributed by atoms with Crippen molar-refractivity contribution < 1.29 is 0 Å². The summed E-state index contributed by atoms with van der Waals surface area (Å²) in [7, 11) is 1.95. The minimum Gasteiger partial charge on any atom is -0.341 e. The Kier molecular flexibility index (Phi) is 3.04. The Bertz CT molecular complexity index is 365. The highest BCUT2D eigenvalue weighted by Gasteiger charge is 2.08. The first-order valence-electron chi connectivity index (χ1n) is 5.56. The highest BCUT2D eigenvalue weighted by Crippen LogP contribution is 2.15. The van der Waals surface area contributed by atoms with E-state index in [0.717, 1.165) is 30.2 Å². The van der Waals surface area contributed by atoms with Crippen LogP contribution in [0.5, 0.6) is 0 Å². The zero-order chi connectivity index (χ0) is 10.7. The van der Waals surface area contributed by atoms with E-state index in [1.165, 1.54) is 19.3 Å². The van der Waals surface area contributed by atoms with E-state index in [1.54, 1.807) is 0 Å². The highest BCUT2D eigenvalue weighted by molar-refractivity contribution is 5.95. The summed E-state index contributed by atoms with van der Waals surface area (Å²) in [6.07, 6.45) is 6.68. The topological polar surface area (TPSA) is 42.2 Å². The molecule has 0 atom stereocenters. The first-order valence-corrected chi connectivity index (χ1v) is 5.56. The molecule has 1 aromatic rings. The molecule has 2 rings (SSSR count). The van der Waals surface area contributed by atoms with E-state index in [2.05, 4.69) is 22.3 Å². The van der Waals surface area contributed by atoms with Crippen molar-refractivity contribution in [2.24, 2.45) is 12.0 Å². The lowest BCUT2D eigenvalue weighted by Crippen LogP contribution is -2.12. The van der Waals surface area contributed by atoms with Crippen LogP contribution in [-0.4, -0.2) is 22.2 Å². The third-order valence-corrected chi connectivity index (χ3v) is 2.89. The van der Waals surface area contributed by atoms with Crippen LogP contribution in [0.25, 0.3) is 0 Å². The standard InChI is InChI=1S/C11H18N4/c1-9-10(8-13-15(9)2)14-11-6-4-3-5-7-12-11/h8H,3-7H2,1-2H3,(H,12,14). The molecular weight excluding hydrogens is 188 g/mol. The maximum Gasteiger partial charge on any atom is 0.101 e. The fourth-order valence-corrected chi connectivity index (χ4v) is 1.75. The largest absolute Gasteiger partial charge is 0.341 e. The summed E-state index contributed by atoms with van der Waals surface area (Å²) in [4.78, 5) is 4.54. The van der Waals surface area contributed by atoms with E-state index in [0.29, 0.717) is 0 Å². The average Bonchev–Trinajstić information content (AvgIpc) is 2.50. The van der Waals surface area contributed by atoms with Gasteiger partial charge in [-0.3, -0.25) is 9.67 Å². The number of rotatable bonds is 1. The van der Waals surface area contributed by atoms with Gasteiger partial charge in [-0.25, -0.2) is 0 Å². The van der Waals surface area contributed by atoms with Crippen molar-refractivity contribution in [2.45, 2.75) is 32.6 Å². The van der Waals surface area contributed by atoms with Gasteiger partial charge in [0.25, 0.3) is 0 Å². The van der Waals surface area contributed by atoms with Crippen molar-refractivity contribution in [1.29, 1.82) is 0 Å². The summed E-state index contributed by atoms with van der Waals surface area (Å²) in [5.74, 6) is 1.11. The molecule has 1 N–H and O–H groups in total. The highest BCUT2D eigenvalue weighted by atomic mass is 15.3. The van der Waals surface area contributed by atoms with Gasteiger partial charge in [0, 0.05) is 20.0 Å². The molecule has 0 aliphatic carbocycles. The first-order chi connectivity index (χ1) is 7.27. The van der Waals surface area contributed by atoms with E-state index in [1.807, 2.05) is 17.9 Å². The van der Waals surface area contributed by atoms with Gasteiger partial charge in [0.15, 0.2) is 0 Å². The van der Waals surface area contributed by atoms with Crippen LogP contribution in [-0.2, 0) is 7.05 Å². The number of aliphatic imine (C=N–C) groups is 1. The molecular formula is C11H18N4. The van der Waals surface area contributed by atoms with Gasteiger partial charge in [-0.2, -0.15) is 5.10 Å². The minimum atomic E-state index is 0.960. The number of hydrogen-bond donors (Lipinski definition) is 1. The zero-order valence-electron chi connectivity index (χ0n) is 9.45. The number of amidine groups is 1. The van der Waals surface area contributed by atoms with E-state index < -0.39 is 0 Å². The molecule has 4 nitrogen and oxygen atoms in total. The smallest absolute Gasteiger partial charge is 0.101 e. The van der Waals surface area contributed by atoms with Gasteiger partial charge in [-0.1, -0.05) is 6.42 Å². The third-order valence-electron chi connectivity index (χ3n) is 2.89. The minimum absolute atomic E-state index is 0.960. The normalized spacial score (nSPS) is 17.1. The number of aryl methyl sites for hydroxylation is 1. The van der Waals surface area contributed by atoms with Crippen LogP contribution in [0.3, 0.4) is 0 Å². The molecule has 0 radical (unpaired) electrons. The van der Waals surface area contributed by atoms with E-state index >= 15 is 0 Å². The number of nitrogens with zero attached hydrogens (tertiary/aromatic N) is 3. The number of aromatic nitrogens is 2. The molecule has 1 aromatic heterocycles. The predicted octanol–water partition coefficient (Wildman–Crippen LogP) is 2.11. The second-order valence-electron chi connectivity index (χ2n) is 4.03. The van der Waals surface area contributed by atoms with Crippen molar-refractivity contribution in [1.82, 2.24) is 9.78 Å². The van der Waals surface area contributed by atoms with Crippen LogP contribution in [0.1, 0.15) is 31.4 Å². The number of nitrogens with one attached hydrogen (secondary N) is 1. The molecule has 4 heteroatoms. The Morgan fingerprint density at radius 1 is 1.33 bits per heavy atom. The van der Waals surface area contributed by atoms with Gasteiger partial charge in [-0.05, 0) is 19.8 Å². The molecule has 15 heavy (non-hydrogen) atoms. The van der Waals surface area contributed by atoms with Gasteiger partial charge in [0.05, 0.1) is 17.6 Å². The van der Waals surface area contributed by atoms with Gasteiger partial charge >= 0.3 is 0 Å². The second kappa shape index (κ2) is 4.47. The Labute approximate surface area is 90.4 Å². The Hall–Kier alpha value is -1.32. The third kappa shape index (κ3) is 2.37. The van der Waals surface area contributed by atoms with E-state index in [9.17, 15) is 0 Å². The molecule has 0 spiro atoms. The zero-order valence-corrected chi connectivity index (χ0v) is 9.45. The van der Waals surface area contributed by atoms with Crippen molar-refractivity contribution in [3.05, 3.63) is 11.9 Å². The molecule has 0 saturated carbocycles. The van der Waals surface area contributed by atoms with Crippen molar-refractivity contribution in [3.8, 4) is 0 Å². The van der Waals surface area contributed by atoms with Crippen LogP contribution in [0.15, 0.2) is 11.2 Å². The lowest BCUT2D eigenvalue weighted by molar-refractivity contribution is 0.731. The summed E-state index contributed by atoms with van der Waals surface area (Å²) in [5, 5.41) is 7.58. The Morgan fingerprint density at radius 3 is 2.93 bits per heavy atom. The maximum absolute atomic E-state index is 4.54. The second-order valence-corrected chi connectivity index (χ2v) is 4.03. The monoisotopic (exact) mass is 206 g/mol. The summed E-state index contributed by atoms with van der Waals surface area (Å²) in [6, 6.07) is 0. The fraction of sp³-hybridized carbons (Fsp3) is 0.636. The summed E-state index contributed by atoms with van der Waals surface area (Å²) in [5.41, 5.74) is 2.24. The molecule has 0 aromatic carbocycles. The molecule has 0 amide bonds. The quantitative estimate of drug-likeness (QED) is 0.764. The van der Waals surface area contributed by atoms with Gasteiger partial charge in [0.1, 0.15) is 5.84 Å². The molecule has 0 fully saturated rings. The maximum atomic E-state index is 4.54. The van der Waals surface area contributed by atoms with Gasteiger partial charge < -0.3 is 5.32 Å². The van der Waals surface area contributed by atoms with Crippen molar-refractivity contribution >= 4 is 11.5 Å². The summed E-state index contributed by atoms with van der Waals surface area (Å²) in [6.45, 7) is 3.02. The average molecular weight is 206 g/mol. The number of hydrogen-bond acceptors (Lipinski definition) is 3. The Balaban J connectivity index is 2.07. The summed E-state index contributed by atoms with van der Waals surface area (Å²) < 4.78 is 1.87. The van der Waals surface area contributed by atoms with E-state index in [4.69, 9.17) is 0 Å². The van der Waals surface area contributed by atoms with Gasteiger partial charge in [-0.15, -0.1) is 0 Å². The Morgan fingerprint density at radius 2 is 2.20 bits per heavy atom. The van der Waals surface area contributed by atoms with Crippen molar-refractivity contribution in [3.63, 3.8) is 0 Å². The number of anilines is 1. The van der Waals surface area contributed by atoms with Crippen LogP contribution in [0.2, 0.25) is 0 Å². The van der Waals surface area contributed by atoms with Crippen LogP contribution >= 0.6 is 0 Å². The SMILES string of the molecule is Cc1c(NC2=NCCCCC2)cnn1C. The molecule has 1 aliphatic rings. The molecule has 0 bridgehead atoms. The predicted molar refractivity (Wildman–Crippen MR) is 62.3 cm³/mol. The molecule has 82 valence electrons. The fourth-order valence-electron chi connectivity index (χ4n) is 1.75. The van der Waals surface area contributed by atoms with E-state index in [-0.39, 0.29) is 0 Å². The van der Waals surface area contributed by atoms with Crippen LogP contribution in [0, 0.1) is 6.92 Å². The van der Waals surface area contributed by atoms with Gasteiger partial charge in [0.2, 0.25) is 0 Å². The van der Waals surface area contributed by atoms with Crippen molar-refractivity contribution in [2.75, 3.05) is 11.9 Å². The van der Waals surface area contributed by atoms with Crippen LogP contribution in [0.4, 0.5) is 5.69 Å².